The molecule has 5 rings (SSSR count). The van der Waals surface area contributed by atoms with Gasteiger partial charge in [-0.25, -0.2) is 13.1 Å². The normalized spacial score (nSPS) is 22.0. The van der Waals surface area contributed by atoms with Crippen LogP contribution in [0.2, 0.25) is 0 Å². The molecule has 3 aliphatic rings. The van der Waals surface area contributed by atoms with Crippen LogP contribution >= 0.6 is 11.8 Å². The number of sulfone groups is 1. The summed E-state index contributed by atoms with van der Waals surface area (Å²) >= 11 is 1.73. The van der Waals surface area contributed by atoms with Crippen molar-refractivity contribution in [3.63, 3.8) is 0 Å². The van der Waals surface area contributed by atoms with Gasteiger partial charge in [0.15, 0.2) is 21.3 Å². The van der Waals surface area contributed by atoms with Gasteiger partial charge in [-0.05, 0) is 24.6 Å². The molecule has 1 aromatic heterocycles. The van der Waals surface area contributed by atoms with E-state index in [1.165, 1.54) is 0 Å². The van der Waals surface area contributed by atoms with Gasteiger partial charge in [0.25, 0.3) is 5.91 Å². The summed E-state index contributed by atoms with van der Waals surface area (Å²) in [6, 6.07) is 4.79. The van der Waals surface area contributed by atoms with Crippen molar-refractivity contribution in [3.05, 3.63) is 35.0 Å². The van der Waals surface area contributed by atoms with E-state index in [1.807, 2.05) is 0 Å². The molecule has 27 heavy (non-hydrogen) atoms. The first-order valence-corrected chi connectivity index (χ1v) is 11.6. The molecular formula is C17H17N3O5S2. The predicted octanol–water partition coefficient (Wildman–Crippen LogP) is 1.97. The van der Waals surface area contributed by atoms with Gasteiger partial charge in [-0.1, -0.05) is 0 Å². The van der Waals surface area contributed by atoms with Crippen LogP contribution in [0.15, 0.2) is 18.2 Å². The molecule has 1 fully saturated rings. The Kier molecular flexibility index (Phi) is 3.87. The van der Waals surface area contributed by atoms with E-state index < -0.39 is 9.84 Å². The Labute approximate surface area is 160 Å². The highest BCUT2D eigenvalue weighted by Gasteiger charge is 2.34. The molecule has 1 saturated heterocycles. The van der Waals surface area contributed by atoms with Gasteiger partial charge in [0.05, 0.1) is 23.2 Å². The molecule has 142 valence electrons. The predicted molar refractivity (Wildman–Crippen MR) is 100 cm³/mol. The molecule has 1 N–H and O–H groups in total. The Morgan fingerprint density at radius 1 is 1.26 bits per heavy atom. The van der Waals surface area contributed by atoms with E-state index in [0.717, 1.165) is 22.8 Å². The van der Waals surface area contributed by atoms with Crippen LogP contribution in [0, 0.1) is 0 Å². The molecule has 0 spiro atoms. The molecule has 0 radical (unpaired) electrons. The maximum atomic E-state index is 12.8. The fourth-order valence-electron chi connectivity index (χ4n) is 3.62. The largest absolute Gasteiger partial charge is 0.454 e. The number of amides is 1. The van der Waals surface area contributed by atoms with E-state index in [-0.39, 0.29) is 30.2 Å². The second kappa shape index (κ2) is 6.16. The standard InChI is InChI=1S/C17H17N3O5S2/c21-17(10-1-2-14-15(5-10)25-9-24-14)18-16-12-6-26-7-13(12)19-20(16)11-3-4-27(22,23)8-11/h1-2,5,11H,3-4,6-9H2,(H,18,21). The first kappa shape index (κ1) is 16.9. The van der Waals surface area contributed by atoms with Crippen molar-refractivity contribution in [2.45, 2.75) is 24.0 Å². The molecule has 0 aliphatic carbocycles. The van der Waals surface area contributed by atoms with Gasteiger partial charge in [0, 0.05) is 22.6 Å². The molecule has 0 saturated carbocycles. The van der Waals surface area contributed by atoms with Crippen LogP contribution in [0.3, 0.4) is 0 Å². The van der Waals surface area contributed by atoms with E-state index in [2.05, 4.69) is 10.4 Å². The number of carbonyl (C=O) groups excluding carboxylic acids is 1. The highest BCUT2D eigenvalue weighted by atomic mass is 32.2. The summed E-state index contributed by atoms with van der Waals surface area (Å²) in [6.07, 6.45) is 0.517. The summed E-state index contributed by atoms with van der Waals surface area (Å²) in [7, 11) is -3.05. The fourth-order valence-corrected chi connectivity index (χ4v) is 6.34. The second-order valence-corrected chi connectivity index (χ2v) is 10.0. The van der Waals surface area contributed by atoms with Crippen molar-refractivity contribution in [2.24, 2.45) is 0 Å². The molecule has 1 aromatic carbocycles. The van der Waals surface area contributed by atoms with Gasteiger partial charge >= 0.3 is 0 Å². The van der Waals surface area contributed by atoms with Crippen molar-refractivity contribution in [1.29, 1.82) is 0 Å². The number of rotatable bonds is 3. The van der Waals surface area contributed by atoms with E-state index in [4.69, 9.17) is 9.47 Å². The maximum absolute atomic E-state index is 12.8. The van der Waals surface area contributed by atoms with Crippen LogP contribution in [0.4, 0.5) is 5.82 Å². The highest BCUT2D eigenvalue weighted by molar-refractivity contribution is 7.98. The first-order valence-electron chi connectivity index (χ1n) is 8.59. The number of hydrogen-bond donors (Lipinski definition) is 1. The summed E-state index contributed by atoms with van der Waals surface area (Å²) in [4.78, 5) is 12.8. The SMILES string of the molecule is O=C(Nc1c2c(nn1C1CCS(=O)(=O)C1)CSC2)c1ccc2c(c1)OCO2. The van der Waals surface area contributed by atoms with Crippen molar-refractivity contribution in [2.75, 3.05) is 23.6 Å². The summed E-state index contributed by atoms with van der Waals surface area (Å²) in [5.74, 6) is 3.24. The van der Waals surface area contributed by atoms with Gasteiger partial charge in [-0.15, -0.1) is 0 Å². The average Bonchev–Trinajstić information content (AvgIpc) is 3.38. The third kappa shape index (κ3) is 2.96. The Balaban J connectivity index is 1.47. The summed E-state index contributed by atoms with van der Waals surface area (Å²) in [5, 5.41) is 7.57. The monoisotopic (exact) mass is 407 g/mol. The van der Waals surface area contributed by atoms with Gasteiger partial charge in [0.1, 0.15) is 5.82 Å². The number of fused-ring (bicyclic) bond motifs is 2. The molecule has 3 aliphatic heterocycles. The Morgan fingerprint density at radius 3 is 2.93 bits per heavy atom. The minimum absolute atomic E-state index is 0.0631. The number of nitrogens with one attached hydrogen (secondary N) is 1. The Morgan fingerprint density at radius 2 is 2.11 bits per heavy atom. The maximum Gasteiger partial charge on any atom is 0.256 e. The lowest BCUT2D eigenvalue weighted by molar-refractivity contribution is 0.102. The lowest BCUT2D eigenvalue weighted by atomic mass is 10.2. The summed E-state index contributed by atoms with van der Waals surface area (Å²) < 4.78 is 36.1. The van der Waals surface area contributed by atoms with E-state index >= 15 is 0 Å². The molecule has 8 nitrogen and oxygen atoms in total. The molecule has 1 unspecified atom stereocenters. The van der Waals surface area contributed by atoms with E-state index in [0.29, 0.717) is 29.3 Å². The smallest absolute Gasteiger partial charge is 0.256 e. The lowest BCUT2D eigenvalue weighted by Crippen LogP contribution is -2.20. The van der Waals surface area contributed by atoms with Gasteiger partial charge in [-0.2, -0.15) is 16.9 Å². The minimum Gasteiger partial charge on any atom is -0.454 e. The average molecular weight is 407 g/mol. The van der Waals surface area contributed by atoms with Crippen LogP contribution in [0.5, 0.6) is 11.5 Å². The fraction of sp³-hybridized carbons (Fsp3) is 0.412. The third-order valence-corrected chi connectivity index (χ3v) is 7.72. The second-order valence-electron chi connectivity index (χ2n) is 6.79. The van der Waals surface area contributed by atoms with Crippen LogP contribution in [0.25, 0.3) is 0 Å². The van der Waals surface area contributed by atoms with Crippen molar-refractivity contribution in [1.82, 2.24) is 9.78 Å². The quantitative estimate of drug-likeness (QED) is 0.830. The molecule has 2 aromatic rings. The molecule has 1 amide bonds. The van der Waals surface area contributed by atoms with Crippen molar-refractivity contribution in [3.8, 4) is 11.5 Å². The lowest BCUT2D eigenvalue weighted by Gasteiger charge is -2.15. The van der Waals surface area contributed by atoms with Gasteiger partial charge in [0.2, 0.25) is 6.79 Å². The number of ether oxygens (including phenoxy) is 2. The molecule has 1 atom stereocenters. The number of thioether (sulfide) groups is 1. The number of anilines is 1. The molecule has 0 bridgehead atoms. The topological polar surface area (TPSA) is 99.5 Å². The molecular weight excluding hydrogens is 390 g/mol. The summed E-state index contributed by atoms with van der Waals surface area (Å²) in [6.45, 7) is 0.147. The number of benzene rings is 1. The van der Waals surface area contributed by atoms with Crippen LogP contribution < -0.4 is 14.8 Å². The number of carbonyl (C=O) groups is 1. The van der Waals surface area contributed by atoms with Crippen LogP contribution in [0.1, 0.15) is 34.1 Å². The van der Waals surface area contributed by atoms with E-state index in [9.17, 15) is 13.2 Å². The van der Waals surface area contributed by atoms with Crippen LogP contribution in [-0.2, 0) is 21.3 Å². The van der Waals surface area contributed by atoms with Crippen molar-refractivity contribution < 1.29 is 22.7 Å². The zero-order valence-corrected chi connectivity index (χ0v) is 15.9. The molecule has 10 heteroatoms. The van der Waals surface area contributed by atoms with Crippen LogP contribution in [-0.4, -0.2) is 42.4 Å². The zero-order chi connectivity index (χ0) is 18.6. The minimum atomic E-state index is -3.05. The Bertz CT molecular complexity index is 1050. The van der Waals surface area contributed by atoms with Gasteiger partial charge < -0.3 is 14.8 Å². The number of hydrogen-bond acceptors (Lipinski definition) is 7. The highest BCUT2D eigenvalue weighted by Crippen LogP contribution is 2.38. The Hall–Kier alpha value is -2.20. The summed E-state index contributed by atoms with van der Waals surface area (Å²) in [5.41, 5.74) is 2.36. The van der Waals surface area contributed by atoms with E-state index in [1.54, 1.807) is 34.6 Å². The van der Waals surface area contributed by atoms with Crippen molar-refractivity contribution >= 4 is 33.3 Å². The number of nitrogens with zero attached hydrogens (tertiary/aromatic N) is 2. The zero-order valence-electron chi connectivity index (χ0n) is 14.3. The first-order chi connectivity index (χ1) is 13.0. The third-order valence-electron chi connectivity index (χ3n) is 5.00. The molecule has 4 heterocycles. The van der Waals surface area contributed by atoms with Gasteiger partial charge in [-0.3, -0.25) is 4.79 Å². The number of aromatic nitrogens is 2.